The van der Waals surface area contributed by atoms with Crippen LogP contribution in [0.25, 0.3) is 0 Å². The fraction of sp³-hybridized carbons (Fsp3) is 0.800. The maximum Gasteiger partial charge on any atom is 0.327 e. The molecule has 0 atom stereocenters. The minimum absolute atomic E-state index is 0.140. The molecule has 4 amide bonds. The van der Waals surface area contributed by atoms with Crippen molar-refractivity contribution < 1.29 is 14.4 Å². The molecule has 2 saturated heterocycles. The number of imide groups is 1. The van der Waals surface area contributed by atoms with E-state index in [9.17, 15) is 14.4 Å². The quantitative estimate of drug-likeness (QED) is 0.738. The minimum atomic E-state index is -0.784. The molecule has 6 nitrogen and oxygen atoms in total. The van der Waals surface area contributed by atoms with Gasteiger partial charge in [0.25, 0.3) is 5.91 Å². The smallest absolute Gasteiger partial charge is 0.327 e. The number of likely N-dealkylation sites (N-methyl/N-ethyl adjacent to an activating group) is 1. The Balaban J connectivity index is 1.82. The van der Waals surface area contributed by atoms with Crippen molar-refractivity contribution >= 4 is 17.8 Å². The Bertz CT molecular complexity index is 441. The normalized spacial score (nSPS) is 22.1. The molecule has 2 aliphatic rings. The number of hydrogen-bond acceptors (Lipinski definition) is 3. The van der Waals surface area contributed by atoms with Crippen LogP contribution in [0.15, 0.2) is 0 Å². The van der Waals surface area contributed by atoms with Gasteiger partial charge in [-0.1, -0.05) is 0 Å². The molecule has 0 saturated carbocycles. The third-order valence-electron chi connectivity index (χ3n) is 4.61. The number of carbonyl (C=O) groups excluding carboxylic acids is 3. The lowest BCUT2D eigenvalue weighted by atomic mass is 10.1. The van der Waals surface area contributed by atoms with Crippen LogP contribution in [0.4, 0.5) is 4.79 Å². The van der Waals surface area contributed by atoms with Crippen molar-refractivity contribution in [3.8, 4) is 0 Å². The number of urea groups is 1. The van der Waals surface area contributed by atoms with Crippen molar-refractivity contribution in [2.24, 2.45) is 0 Å². The van der Waals surface area contributed by atoms with E-state index in [1.165, 1.54) is 16.2 Å². The number of piperidine rings is 1. The highest BCUT2D eigenvalue weighted by atomic mass is 16.2. The van der Waals surface area contributed by atoms with Crippen LogP contribution in [0.5, 0.6) is 0 Å². The Labute approximate surface area is 126 Å². The number of hydrogen-bond donors (Lipinski definition) is 0. The number of nitrogens with zero attached hydrogens (tertiary/aromatic N) is 3. The maximum atomic E-state index is 12.2. The Morgan fingerprint density at radius 2 is 1.76 bits per heavy atom. The first-order chi connectivity index (χ1) is 9.85. The minimum Gasteiger partial charge on any atom is -0.343 e. The predicted octanol–water partition coefficient (Wildman–Crippen LogP) is 1.45. The van der Waals surface area contributed by atoms with Crippen LogP contribution in [0.3, 0.4) is 0 Å². The lowest BCUT2D eigenvalue weighted by molar-refractivity contribution is -0.134. The van der Waals surface area contributed by atoms with Gasteiger partial charge in [-0.15, -0.1) is 0 Å². The molecule has 0 radical (unpaired) electrons. The molecule has 6 heteroatoms. The second kappa shape index (κ2) is 6.03. The lowest BCUT2D eigenvalue weighted by Crippen LogP contribution is -2.41. The fourth-order valence-electron chi connectivity index (χ4n) is 2.87. The summed E-state index contributed by atoms with van der Waals surface area (Å²) in [5, 5.41) is 0. The lowest BCUT2D eigenvalue weighted by Gasteiger charge is -2.27. The Morgan fingerprint density at radius 3 is 2.29 bits per heavy atom. The van der Waals surface area contributed by atoms with Crippen LogP contribution in [-0.2, 0) is 9.59 Å². The topological polar surface area (TPSA) is 60.9 Å². The first-order valence-electron chi connectivity index (χ1n) is 7.73. The summed E-state index contributed by atoms with van der Waals surface area (Å²) in [7, 11) is 1.64. The van der Waals surface area contributed by atoms with Crippen LogP contribution in [0.1, 0.15) is 46.0 Å². The van der Waals surface area contributed by atoms with Crippen LogP contribution in [0, 0.1) is 0 Å². The highest BCUT2D eigenvalue weighted by Gasteiger charge is 2.48. The van der Waals surface area contributed by atoms with Crippen molar-refractivity contribution in [2.45, 2.75) is 51.5 Å². The number of rotatable bonds is 4. The third-order valence-corrected chi connectivity index (χ3v) is 4.61. The SMILES string of the molecule is CN1C(=O)N(CCCC(=O)N2CCCCC2)C(=O)C1(C)C. The van der Waals surface area contributed by atoms with Gasteiger partial charge in [0.2, 0.25) is 5.91 Å². The molecule has 118 valence electrons. The van der Waals surface area contributed by atoms with Gasteiger partial charge >= 0.3 is 6.03 Å². The van der Waals surface area contributed by atoms with Crippen molar-refractivity contribution in [3.05, 3.63) is 0 Å². The maximum absolute atomic E-state index is 12.2. The van der Waals surface area contributed by atoms with E-state index in [4.69, 9.17) is 0 Å². The monoisotopic (exact) mass is 295 g/mol. The van der Waals surface area contributed by atoms with E-state index in [1.807, 2.05) is 4.90 Å². The van der Waals surface area contributed by atoms with Crippen LogP contribution < -0.4 is 0 Å². The molecule has 0 unspecified atom stereocenters. The zero-order chi connectivity index (χ0) is 15.6. The molecular formula is C15H25N3O3. The molecule has 0 bridgehead atoms. The molecule has 2 aliphatic heterocycles. The molecule has 0 aromatic carbocycles. The first kappa shape index (κ1) is 15.8. The average Bonchev–Trinajstić information content (AvgIpc) is 2.62. The second-order valence-corrected chi connectivity index (χ2v) is 6.40. The average molecular weight is 295 g/mol. The summed E-state index contributed by atoms with van der Waals surface area (Å²) in [4.78, 5) is 40.9. The number of carbonyl (C=O) groups is 3. The Hall–Kier alpha value is -1.59. The van der Waals surface area contributed by atoms with Crippen LogP contribution in [-0.4, -0.2) is 64.8 Å². The van der Waals surface area contributed by atoms with Gasteiger partial charge in [-0.05, 0) is 39.5 Å². The van der Waals surface area contributed by atoms with Gasteiger partial charge in [0.1, 0.15) is 5.54 Å². The highest BCUT2D eigenvalue weighted by Crippen LogP contribution is 2.25. The number of likely N-dealkylation sites (tertiary alicyclic amines) is 1. The van der Waals surface area contributed by atoms with Crippen LogP contribution in [0.2, 0.25) is 0 Å². The van der Waals surface area contributed by atoms with Gasteiger partial charge in [-0.25, -0.2) is 4.79 Å². The molecule has 2 heterocycles. The molecule has 0 spiro atoms. The van der Waals surface area contributed by atoms with E-state index in [1.54, 1.807) is 20.9 Å². The predicted molar refractivity (Wildman–Crippen MR) is 78.6 cm³/mol. The van der Waals surface area contributed by atoms with Gasteiger partial charge in [0.15, 0.2) is 0 Å². The van der Waals surface area contributed by atoms with E-state index in [0.717, 1.165) is 25.9 Å². The zero-order valence-corrected chi connectivity index (χ0v) is 13.2. The summed E-state index contributed by atoms with van der Waals surface area (Å²) in [6.07, 6.45) is 4.29. The second-order valence-electron chi connectivity index (χ2n) is 6.40. The van der Waals surface area contributed by atoms with Gasteiger partial charge in [-0.3, -0.25) is 14.5 Å². The van der Waals surface area contributed by atoms with E-state index < -0.39 is 5.54 Å². The largest absolute Gasteiger partial charge is 0.343 e. The Kier molecular flexibility index (Phi) is 4.54. The summed E-state index contributed by atoms with van der Waals surface area (Å²) in [5.74, 6) is -0.0400. The van der Waals surface area contributed by atoms with E-state index in [2.05, 4.69) is 0 Å². The van der Waals surface area contributed by atoms with Gasteiger partial charge < -0.3 is 9.80 Å². The highest BCUT2D eigenvalue weighted by molar-refractivity contribution is 6.06. The molecular weight excluding hydrogens is 270 g/mol. The van der Waals surface area contributed by atoms with Gasteiger partial charge in [-0.2, -0.15) is 0 Å². The molecule has 2 rings (SSSR count). The van der Waals surface area contributed by atoms with Crippen molar-refractivity contribution in [2.75, 3.05) is 26.7 Å². The molecule has 21 heavy (non-hydrogen) atoms. The Morgan fingerprint density at radius 1 is 1.14 bits per heavy atom. The van der Waals surface area contributed by atoms with Crippen molar-refractivity contribution in [1.82, 2.24) is 14.7 Å². The molecule has 0 aromatic heterocycles. The summed E-state index contributed by atoms with van der Waals surface area (Å²) < 4.78 is 0. The first-order valence-corrected chi connectivity index (χ1v) is 7.73. The summed E-state index contributed by atoms with van der Waals surface area (Å²) >= 11 is 0. The summed E-state index contributed by atoms with van der Waals surface area (Å²) in [6, 6.07) is -0.268. The van der Waals surface area contributed by atoms with Crippen LogP contribution >= 0.6 is 0 Å². The molecule has 0 N–H and O–H groups in total. The van der Waals surface area contributed by atoms with E-state index in [0.29, 0.717) is 19.4 Å². The zero-order valence-electron chi connectivity index (χ0n) is 13.2. The van der Waals surface area contributed by atoms with Gasteiger partial charge in [0.05, 0.1) is 0 Å². The third kappa shape index (κ3) is 3.04. The standard InChI is InChI=1S/C15H25N3O3/c1-15(2)13(20)18(14(21)16(15)3)11-7-8-12(19)17-9-5-4-6-10-17/h4-11H2,1-3H3. The van der Waals surface area contributed by atoms with E-state index >= 15 is 0 Å². The van der Waals surface area contributed by atoms with Gasteiger partial charge in [0, 0.05) is 33.1 Å². The molecule has 0 aliphatic carbocycles. The fourth-order valence-corrected chi connectivity index (χ4v) is 2.87. The molecule has 0 aromatic rings. The van der Waals surface area contributed by atoms with Crippen molar-refractivity contribution in [1.29, 1.82) is 0 Å². The molecule has 2 fully saturated rings. The summed E-state index contributed by atoms with van der Waals surface area (Å²) in [6.45, 7) is 5.50. The number of amides is 4. The van der Waals surface area contributed by atoms with E-state index in [-0.39, 0.29) is 17.8 Å². The summed E-state index contributed by atoms with van der Waals surface area (Å²) in [5.41, 5.74) is -0.784. The van der Waals surface area contributed by atoms with Crippen molar-refractivity contribution in [3.63, 3.8) is 0 Å².